The number of imidazole rings is 1. The van der Waals surface area contributed by atoms with Crippen molar-refractivity contribution in [3.8, 4) is 36.4 Å². The van der Waals surface area contributed by atoms with E-state index < -0.39 is 5.57 Å². The van der Waals surface area contributed by atoms with Gasteiger partial charge in [-0.3, -0.25) is 4.40 Å². The summed E-state index contributed by atoms with van der Waals surface area (Å²) < 4.78 is 1.27. The van der Waals surface area contributed by atoms with Crippen molar-refractivity contribution in [2.75, 3.05) is 0 Å². The van der Waals surface area contributed by atoms with Gasteiger partial charge >= 0.3 is 0 Å². The van der Waals surface area contributed by atoms with E-state index in [0.29, 0.717) is 0 Å². The topological polar surface area (TPSA) is 195 Å². The first-order chi connectivity index (χ1) is 13.6. The average Bonchev–Trinajstić information content (AvgIpc) is 3.25. The van der Waals surface area contributed by atoms with Crippen LogP contribution in [0.2, 0.25) is 0 Å². The highest BCUT2D eigenvalue weighted by atomic mass is 15.1. The van der Waals surface area contributed by atoms with Crippen molar-refractivity contribution in [1.82, 2.24) is 14.4 Å². The van der Waals surface area contributed by atoms with E-state index in [0.717, 1.165) is 6.08 Å². The normalized spacial score (nSPS) is 10.1. The maximum absolute atomic E-state index is 9.53. The molecule has 0 spiro atoms. The molecule has 0 amide bonds. The van der Waals surface area contributed by atoms with Crippen molar-refractivity contribution >= 4 is 28.8 Å². The minimum absolute atomic E-state index is 0.0176. The molecule has 3 rings (SSSR count). The predicted octanol–water partition coefficient (Wildman–Crippen LogP) is 1.40. The Labute approximate surface area is 156 Å². The molecule has 0 saturated carbocycles. The lowest BCUT2D eigenvalue weighted by molar-refractivity contribution is 1.16. The fourth-order valence-corrected chi connectivity index (χ4v) is 2.71. The molecule has 0 unspecified atom stereocenters. The Morgan fingerprint density at radius 1 is 0.821 bits per heavy atom. The number of nitrogens with zero attached hydrogens (tertiary/aromatic N) is 10. The molecule has 0 aromatic carbocycles. The van der Waals surface area contributed by atoms with Gasteiger partial charge < -0.3 is 5.41 Å². The van der Waals surface area contributed by atoms with E-state index in [4.69, 9.17) is 10.7 Å². The zero-order valence-corrected chi connectivity index (χ0v) is 13.5. The van der Waals surface area contributed by atoms with E-state index in [2.05, 4.69) is 9.97 Å². The van der Waals surface area contributed by atoms with Crippen LogP contribution in [0.1, 0.15) is 28.1 Å². The maximum atomic E-state index is 9.53. The molecule has 0 bridgehead atoms. The quantitative estimate of drug-likeness (QED) is 0.372. The third-order valence-electron chi connectivity index (χ3n) is 3.84. The lowest BCUT2D eigenvalue weighted by Gasteiger charge is -1.98. The summed E-state index contributed by atoms with van der Waals surface area (Å²) in [6.07, 6.45) is 1.11. The summed E-state index contributed by atoms with van der Waals surface area (Å²) >= 11 is 0. The van der Waals surface area contributed by atoms with Crippen LogP contribution in [-0.2, 0) is 0 Å². The first-order valence-electron chi connectivity index (χ1n) is 7.21. The molecule has 3 aromatic heterocycles. The molecule has 10 heteroatoms. The van der Waals surface area contributed by atoms with Crippen LogP contribution in [0.4, 0.5) is 0 Å². The van der Waals surface area contributed by atoms with Gasteiger partial charge in [-0.15, -0.1) is 0 Å². The Hall–Kier alpha value is -5.51. The van der Waals surface area contributed by atoms with Crippen molar-refractivity contribution in [2.24, 2.45) is 0 Å². The fourth-order valence-electron chi connectivity index (χ4n) is 2.71. The van der Waals surface area contributed by atoms with Crippen LogP contribution in [0.15, 0.2) is 11.1 Å². The summed E-state index contributed by atoms with van der Waals surface area (Å²) in [7, 11) is 0. The van der Waals surface area contributed by atoms with Crippen molar-refractivity contribution < 1.29 is 0 Å². The molecule has 0 radical (unpaired) electrons. The van der Waals surface area contributed by atoms with Gasteiger partial charge in [0.25, 0.3) is 0 Å². The minimum Gasteiger partial charge on any atom is -0.762 e. The zero-order valence-electron chi connectivity index (χ0n) is 13.5. The standard InChI is InChI=1S/C18HN10/c19-2-9(10(3-20)4-21)1-14-16-11(5-22)12(6-23)17-27-15(8-25)13(7-24)18(26-14)28(16)17/h1H/q-1/b9-1-. The average molecular weight is 357 g/mol. The summed E-state index contributed by atoms with van der Waals surface area (Å²) in [5.41, 5.74) is -1.45. The number of nitriles is 6. The lowest BCUT2D eigenvalue weighted by atomic mass is 10.1. The van der Waals surface area contributed by atoms with Gasteiger partial charge in [0.1, 0.15) is 47.5 Å². The second-order valence-corrected chi connectivity index (χ2v) is 5.13. The van der Waals surface area contributed by atoms with E-state index in [-0.39, 0.29) is 50.5 Å². The van der Waals surface area contributed by atoms with Crippen molar-refractivity contribution in [3.63, 3.8) is 0 Å². The van der Waals surface area contributed by atoms with Crippen LogP contribution in [0.25, 0.3) is 28.3 Å². The zero-order chi connectivity index (χ0) is 20.4. The van der Waals surface area contributed by atoms with E-state index in [9.17, 15) is 26.3 Å². The Balaban J connectivity index is 2.62. The van der Waals surface area contributed by atoms with Gasteiger partial charge in [-0.25, -0.2) is 15.8 Å². The Bertz CT molecular complexity index is 1520. The second-order valence-electron chi connectivity index (χ2n) is 5.13. The van der Waals surface area contributed by atoms with Gasteiger partial charge in [0.15, 0.2) is 17.0 Å². The van der Waals surface area contributed by atoms with Gasteiger partial charge in [0.05, 0.1) is 27.9 Å². The molecule has 0 aliphatic heterocycles. The molecule has 0 aliphatic carbocycles. The molecule has 124 valence electrons. The van der Waals surface area contributed by atoms with Crippen LogP contribution >= 0.6 is 0 Å². The monoisotopic (exact) mass is 357 g/mol. The molecule has 0 N–H and O–H groups in total. The summed E-state index contributed by atoms with van der Waals surface area (Å²) in [5, 5.41) is 64.9. The molecular weight excluding hydrogens is 356 g/mol. The highest BCUT2D eigenvalue weighted by Crippen LogP contribution is 2.32. The van der Waals surface area contributed by atoms with Gasteiger partial charge in [-0.2, -0.15) is 31.6 Å². The SMILES string of the molecule is N#CC(=C=[N-])/C(C#N)=C\c1nc2c(C#N)c(C#N)nc3c(C#N)c(C#N)c1n23. The Morgan fingerprint density at radius 3 is 1.96 bits per heavy atom. The van der Waals surface area contributed by atoms with Gasteiger partial charge in [0, 0.05) is 0 Å². The molecule has 28 heavy (non-hydrogen) atoms. The van der Waals surface area contributed by atoms with E-state index in [1.165, 1.54) is 4.40 Å². The number of rotatable bonds is 2. The molecule has 0 fully saturated rings. The first kappa shape index (κ1) is 17.3. The number of hydrogen-bond acceptors (Lipinski definition) is 8. The van der Waals surface area contributed by atoms with Crippen LogP contribution in [0.5, 0.6) is 0 Å². The van der Waals surface area contributed by atoms with Gasteiger partial charge in [-0.05, 0) is 6.08 Å². The summed E-state index contributed by atoms with van der Waals surface area (Å²) in [6.45, 7) is 0. The number of hydrogen-bond donors (Lipinski definition) is 0. The smallest absolute Gasteiger partial charge is 0.164 e. The third kappa shape index (κ3) is 2.13. The molecule has 0 aliphatic rings. The van der Waals surface area contributed by atoms with Gasteiger partial charge in [0.2, 0.25) is 0 Å². The van der Waals surface area contributed by atoms with Crippen LogP contribution < -0.4 is 0 Å². The fraction of sp³-hybridized carbons (Fsp3) is 0. The Kier molecular flexibility index (Phi) is 3.97. The number of aromatic nitrogens is 3. The molecule has 0 atom stereocenters. The third-order valence-corrected chi connectivity index (χ3v) is 3.84. The highest BCUT2D eigenvalue weighted by molar-refractivity contribution is 5.92. The molecule has 10 nitrogen and oxygen atoms in total. The van der Waals surface area contributed by atoms with Crippen molar-refractivity contribution in [1.29, 1.82) is 31.6 Å². The second kappa shape index (κ2) is 6.42. The largest absolute Gasteiger partial charge is 0.762 e. The first-order valence-corrected chi connectivity index (χ1v) is 7.21. The highest BCUT2D eigenvalue weighted by Gasteiger charge is 2.27. The molecule has 3 aromatic rings. The summed E-state index contributed by atoms with van der Waals surface area (Å²) in [5.74, 6) is 1.59. The molecule has 0 saturated heterocycles. The lowest BCUT2D eigenvalue weighted by Crippen LogP contribution is -1.98. The minimum atomic E-state index is -0.468. The molecular formula is C18HN10-. The van der Waals surface area contributed by atoms with Crippen LogP contribution in [0, 0.1) is 68.0 Å². The Morgan fingerprint density at radius 2 is 1.46 bits per heavy atom. The van der Waals surface area contributed by atoms with E-state index >= 15 is 0 Å². The predicted molar refractivity (Wildman–Crippen MR) is 91.6 cm³/mol. The van der Waals surface area contributed by atoms with E-state index in [1.54, 1.807) is 24.1 Å². The maximum Gasteiger partial charge on any atom is 0.164 e. The molecule has 3 heterocycles. The number of allylic oxidation sites excluding steroid dienone is 2. The van der Waals surface area contributed by atoms with Crippen LogP contribution in [-0.4, -0.2) is 20.2 Å². The summed E-state index contributed by atoms with van der Waals surface area (Å²) in [6, 6.07) is 10.6. The van der Waals surface area contributed by atoms with Crippen molar-refractivity contribution in [3.05, 3.63) is 44.6 Å². The van der Waals surface area contributed by atoms with Crippen molar-refractivity contribution in [2.45, 2.75) is 0 Å². The summed E-state index contributed by atoms with van der Waals surface area (Å²) in [4.78, 5) is 8.21. The van der Waals surface area contributed by atoms with Gasteiger partial charge in [-0.1, -0.05) is 0 Å². The van der Waals surface area contributed by atoms with Crippen LogP contribution in [0.3, 0.4) is 0 Å². The van der Waals surface area contributed by atoms with E-state index in [1.807, 2.05) is 18.2 Å².